The number of benzene rings is 2. The van der Waals surface area contributed by atoms with Crippen molar-refractivity contribution >= 4 is 16.8 Å². The van der Waals surface area contributed by atoms with Gasteiger partial charge in [0, 0.05) is 12.7 Å². The number of hydrogen-bond donors (Lipinski definition) is 2. The number of aromatic amines is 1. The van der Waals surface area contributed by atoms with Gasteiger partial charge in [-0.25, -0.2) is 9.78 Å². The van der Waals surface area contributed by atoms with E-state index in [0.29, 0.717) is 13.1 Å². The van der Waals surface area contributed by atoms with Gasteiger partial charge >= 0.3 is 6.03 Å². The van der Waals surface area contributed by atoms with E-state index in [1.807, 2.05) is 18.2 Å². The van der Waals surface area contributed by atoms with Crippen LogP contribution in [0.25, 0.3) is 10.8 Å². The van der Waals surface area contributed by atoms with Crippen LogP contribution in [0.1, 0.15) is 17.3 Å². The topological polar surface area (TPSA) is 61.0 Å². The molecule has 0 spiro atoms. The van der Waals surface area contributed by atoms with E-state index in [-0.39, 0.29) is 12.1 Å². The Labute approximate surface area is 128 Å². The van der Waals surface area contributed by atoms with Crippen LogP contribution in [0.4, 0.5) is 4.79 Å². The summed E-state index contributed by atoms with van der Waals surface area (Å²) in [5.74, 6) is 0. The zero-order valence-corrected chi connectivity index (χ0v) is 12.0. The number of nitrogens with zero attached hydrogens (tertiary/aromatic N) is 2. The average molecular weight is 292 g/mol. The monoisotopic (exact) mass is 292 g/mol. The second-order valence-electron chi connectivity index (χ2n) is 5.53. The molecule has 1 aromatic heterocycles. The molecule has 110 valence electrons. The Bertz CT molecular complexity index is 807. The molecule has 1 atom stereocenters. The van der Waals surface area contributed by atoms with Crippen molar-refractivity contribution in [2.45, 2.75) is 12.6 Å². The number of rotatable bonds is 3. The van der Waals surface area contributed by atoms with E-state index in [1.54, 1.807) is 17.4 Å². The zero-order chi connectivity index (χ0) is 14.9. The summed E-state index contributed by atoms with van der Waals surface area (Å²) in [5.41, 5.74) is 2.10. The van der Waals surface area contributed by atoms with Gasteiger partial charge in [0.05, 0.1) is 24.6 Å². The van der Waals surface area contributed by atoms with Crippen molar-refractivity contribution in [3.63, 3.8) is 0 Å². The van der Waals surface area contributed by atoms with E-state index >= 15 is 0 Å². The second-order valence-corrected chi connectivity index (χ2v) is 5.53. The first-order valence-corrected chi connectivity index (χ1v) is 7.31. The van der Waals surface area contributed by atoms with Crippen molar-refractivity contribution in [3.05, 3.63) is 66.2 Å². The van der Waals surface area contributed by atoms with E-state index in [9.17, 15) is 4.79 Å². The predicted octanol–water partition coefficient (Wildman–Crippen LogP) is 2.83. The smallest absolute Gasteiger partial charge is 0.318 e. The van der Waals surface area contributed by atoms with Gasteiger partial charge < -0.3 is 15.2 Å². The fourth-order valence-corrected chi connectivity index (χ4v) is 3.03. The number of aromatic nitrogens is 2. The number of carbonyl (C=O) groups excluding carboxylic acids is 1. The molecule has 2 N–H and O–H groups in total. The Kier molecular flexibility index (Phi) is 3.04. The molecule has 4 rings (SSSR count). The summed E-state index contributed by atoms with van der Waals surface area (Å²) in [5, 5.41) is 5.47. The van der Waals surface area contributed by atoms with E-state index in [4.69, 9.17) is 0 Å². The lowest BCUT2D eigenvalue weighted by Gasteiger charge is -2.14. The molecule has 5 nitrogen and oxygen atoms in total. The minimum Gasteiger partial charge on any atom is -0.347 e. The van der Waals surface area contributed by atoms with Crippen LogP contribution in [-0.2, 0) is 6.54 Å². The number of hydrogen-bond acceptors (Lipinski definition) is 2. The summed E-state index contributed by atoms with van der Waals surface area (Å²) in [6.07, 6.45) is 3.38. The van der Waals surface area contributed by atoms with Gasteiger partial charge in [0.15, 0.2) is 0 Å². The van der Waals surface area contributed by atoms with Gasteiger partial charge in [-0.05, 0) is 16.3 Å². The summed E-state index contributed by atoms with van der Waals surface area (Å²) in [6, 6.07) is 14.5. The highest BCUT2D eigenvalue weighted by Crippen LogP contribution is 2.28. The van der Waals surface area contributed by atoms with Gasteiger partial charge in [-0.1, -0.05) is 42.5 Å². The summed E-state index contributed by atoms with van der Waals surface area (Å²) in [7, 11) is 0. The number of imidazole rings is 1. The average Bonchev–Trinajstić information content (AvgIpc) is 3.18. The van der Waals surface area contributed by atoms with Crippen molar-refractivity contribution in [2.24, 2.45) is 0 Å². The van der Waals surface area contributed by atoms with Crippen molar-refractivity contribution in [1.29, 1.82) is 0 Å². The molecule has 22 heavy (non-hydrogen) atoms. The van der Waals surface area contributed by atoms with Gasteiger partial charge in [0.2, 0.25) is 0 Å². The molecule has 5 heteroatoms. The van der Waals surface area contributed by atoms with Crippen molar-refractivity contribution in [3.8, 4) is 0 Å². The van der Waals surface area contributed by atoms with Gasteiger partial charge in [0.1, 0.15) is 0 Å². The molecule has 2 heterocycles. The normalized spacial score (nSPS) is 17.9. The van der Waals surface area contributed by atoms with Crippen LogP contribution < -0.4 is 5.32 Å². The molecule has 1 unspecified atom stereocenters. The number of H-pyrrole nitrogens is 1. The lowest BCUT2D eigenvalue weighted by Crippen LogP contribution is -2.27. The van der Waals surface area contributed by atoms with Crippen molar-refractivity contribution < 1.29 is 4.79 Å². The standard InChI is InChI=1S/C17H16N4O/c22-17-20-16(10-21(17)9-13-8-18-11-19-13)15-7-3-5-12-4-1-2-6-14(12)15/h1-8,11,16H,9-10H2,(H,18,19)(H,20,22). The van der Waals surface area contributed by atoms with Crippen molar-refractivity contribution in [2.75, 3.05) is 6.54 Å². The van der Waals surface area contributed by atoms with E-state index in [2.05, 4.69) is 39.6 Å². The van der Waals surface area contributed by atoms with Gasteiger partial charge in [-0.2, -0.15) is 0 Å². The third-order valence-electron chi connectivity index (χ3n) is 4.10. The Hall–Kier alpha value is -2.82. The largest absolute Gasteiger partial charge is 0.347 e. The van der Waals surface area contributed by atoms with Crippen molar-refractivity contribution in [1.82, 2.24) is 20.2 Å². The minimum atomic E-state index is -0.0347. The summed E-state index contributed by atoms with van der Waals surface area (Å²) >= 11 is 0. The summed E-state index contributed by atoms with van der Waals surface area (Å²) in [6.45, 7) is 1.21. The third kappa shape index (κ3) is 2.20. The van der Waals surface area contributed by atoms with Crippen LogP contribution >= 0.6 is 0 Å². The molecule has 0 radical (unpaired) electrons. The molecule has 1 aliphatic rings. The first-order valence-electron chi connectivity index (χ1n) is 7.31. The fraction of sp³-hybridized carbons (Fsp3) is 0.176. The fourth-order valence-electron chi connectivity index (χ4n) is 3.03. The number of nitrogens with one attached hydrogen (secondary N) is 2. The number of urea groups is 1. The zero-order valence-electron chi connectivity index (χ0n) is 12.0. The van der Waals surface area contributed by atoms with Crippen LogP contribution in [-0.4, -0.2) is 27.4 Å². The van der Waals surface area contributed by atoms with Gasteiger partial charge in [-0.3, -0.25) is 0 Å². The third-order valence-corrected chi connectivity index (χ3v) is 4.10. The summed E-state index contributed by atoms with van der Waals surface area (Å²) < 4.78 is 0. The predicted molar refractivity (Wildman–Crippen MR) is 84.2 cm³/mol. The van der Waals surface area contributed by atoms with Crippen LogP contribution in [0.2, 0.25) is 0 Å². The quantitative estimate of drug-likeness (QED) is 0.780. The van der Waals surface area contributed by atoms with Crippen LogP contribution in [0.3, 0.4) is 0 Å². The molecule has 0 saturated carbocycles. The Morgan fingerprint density at radius 2 is 2.05 bits per heavy atom. The highest BCUT2D eigenvalue weighted by atomic mass is 16.2. The molecule has 3 aromatic rings. The lowest BCUT2D eigenvalue weighted by atomic mass is 9.99. The molecule has 1 aliphatic heterocycles. The molecular weight excluding hydrogens is 276 g/mol. The van der Waals surface area contributed by atoms with Crippen LogP contribution in [0.15, 0.2) is 55.0 Å². The van der Waals surface area contributed by atoms with Gasteiger partial charge in [-0.15, -0.1) is 0 Å². The Morgan fingerprint density at radius 1 is 1.18 bits per heavy atom. The highest BCUT2D eigenvalue weighted by Gasteiger charge is 2.30. The van der Waals surface area contributed by atoms with E-state index in [0.717, 1.165) is 5.69 Å². The minimum absolute atomic E-state index is 0.0153. The van der Waals surface area contributed by atoms with E-state index in [1.165, 1.54) is 16.3 Å². The summed E-state index contributed by atoms with van der Waals surface area (Å²) in [4.78, 5) is 21.0. The maximum atomic E-state index is 12.2. The molecular formula is C17H16N4O. The molecule has 0 bridgehead atoms. The molecule has 2 amide bonds. The number of amides is 2. The molecule has 1 saturated heterocycles. The molecule has 1 fully saturated rings. The first kappa shape index (κ1) is 12.9. The van der Waals surface area contributed by atoms with Crippen LogP contribution in [0, 0.1) is 0 Å². The lowest BCUT2D eigenvalue weighted by molar-refractivity contribution is 0.215. The molecule has 2 aromatic carbocycles. The highest BCUT2D eigenvalue weighted by molar-refractivity contribution is 5.87. The van der Waals surface area contributed by atoms with E-state index < -0.39 is 0 Å². The molecule has 0 aliphatic carbocycles. The maximum Gasteiger partial charge on any atom is 0.318 e. The Balaban J connectivity index is 1.62. The Morgan fingerprint density at radius 3 is 2.91 bits per heavy atom. The van der Waals surface area contributed by atoms with Gasteiger partial charge in [0.25, 0.3) is 0 Å². The number of carbonyl (C=O) groups is 1. The first-order chi connectivity index (χ1) is 10.8. The second kappa shape index (κ2) is 5.18. The number of fused-ring (bicyclic) bond motifs is 1. The van der Waals surface area contributed by atoms with Crippen LogP contribution in [0.5, 0.6) is 0 Å². The maximum absolute atomic E-state index is 12.2. The SMILES string of the molecule is O=C1NC(c2cccc3ccccc23)CN1Cc1cnc[nH]1.